The molecule has 3 aromatic rings. The number of ketones is 1. The Morgan fingerprint density at radius 3 is 2.52 bits per heavy atom. The summed E-state index contributed by atoms with van der Waals surface area (Å²) in [7, 11) is 0. The van der Waals surface area contributed by atoms with E-state index in [4.69, 9.17) is 15.5 Å². The van der Waals surface area contributed by atoms with Crippen molar-refractivity contribution in [2.24, 2.45) is 0 Å². The van der Waals surface area contributed by atoms with Gasteiger partial charge >= 0.3 is 0 Å². The Bertz CT molecular complexity index is 962. The molecule has 0 radical (unpaired) electrons. The molecule has 1 heterocycles. The van der Waals surface area contributed by atoms with Crippen LogP contribution in [0.2, 0.25) is 0 Å². The molecule has 2 aromatic carbocycles. The number of benzene rings is 2. The zero-order valence-corrected chi connectivity index (χ0v) is 14.2. The zero-order valence-electron chi connectivity index (χ0n) is 14.2. The van der Waals surface area contributed by atoms with Crippen LogP contribution in [0.15, 0.2) is 42.5 Å². The highest BCUT2D eigenvalue weighted by Gasteiger charge is 2.16. The Morgan fingerprint density at radius 2 is 1.76 bits per heavy atom. The van der Waals surface area contributed by atoms with Gasteiger partial charge in [-0.3, -0.25) is 9.78 Å². The lowest BCUT2D eigenvalue weighted by Gasteiger charge is -2.18. The molecule has 2 N–H and O–H groups in total. The first-order valence-corrected chi connectivity index (χ1v) is 8.61. The van der Waals surface area contributed by atoms with E-state index in [1.165, 1.54) is 18.4 Å². The molecule has 126 valence electrons. The maximum atomic E-state index is 11.4. The molecule has 1 aliphatic carbocycles. The van der Waals surface area contributed by atoms with Crippen molar-refractivity contribution in [3.63, 3.8) is 0 Å². The summed E-state index contributed by atoms with van der Waals surface area (Å²) in [6, 6.07) is 13.0. The molecule has 4 nitrogen and oxygen atoms in total. The Balaban J connectivity index is 1.68. The SMILES string of the molecule is CC(=O)c1ccc(Oc2ccc3nc4c(c(N)c3c2)CCCC4)cc1. The highest BCUT2D eigenvalue weighted by atomic mass is 16.5. The molecule has 4 heteroatoms. The summed E-state index contributed by atoms with van der Waals surface area (Å²) in [6.45, 7) is 1.55. The van der Waals surface area contributed by atoms with Gasteiger partial charge in [-0.1, -0.05) is 0 Å². The number of pyridine rings is 1. The number of nitrogen functional groups attached to an aromatic ring is 1. The second kappa shape index (κ2) is 6.20. The van der Waals surface area contributed by atoms with Crippen LogP contribution in [-0.4, -0.2) is 10.8 Å². The Kier molecular flexibility index (Phi) is 3.88. The quantitative estimate of drug-likeness (QED) is 0.707. The maximum absolute atomic E-state index is 11.4. The number of fused-ring (bicyclic) bond motifs is 2. The minimum absolute atomic E-state index is 0.0425. The van der Waals surface area contributed by atoms with E-state index in [2.05, 4.69) is 0 Å². The molecule has 0 atom stereocenters. The molecule has 1 aliphatic rings. The van der Waals surface area contributed by atoms with Crippen molar-refractivity contribution < 1.29 is 9.53 Å². The van der Waals surface area contributed by atoms with Crippen LogP contribution in [0.25, 0.3) is 10.9 Å². The smallest absolute Gasteiger partial charge is 0.159 e. The molecular formula is C21H20N2O2. The minimum atomic E-state index is 0.0425. The van der Waals surface area contributed by atoms with Gasteiger partial charge in [-0.15, -0.1) is 0 Å². The van der Waals surface area contributed by atoms with Crippen LogP contribution in [0.4, 0.5) is 5.69 Å². The standard InChI is InChI=1S/C21H20N2O2/c1-13(24)14-6-8-15(9-7-14)25-16-10-11-20-18(12-16)21(22)17-4-2-3-5-19(17)23-20/h6-12H,2-5H2,1H3,(H2,22,23). The third-order valence-corrected chi connectivity index (χ3v) is 4.77. The number of nitrogens with zero attached hydrogens (tertiary/aromatic N) is 1. The number of nitrogens with two attached hydrogens (primary N) is 1. The predicted octanol–water partition coefficient (Wildman–Crippen LogP) is 4.69. The normalized spacial score (nSPS) is 13.5. The van der Waals surface area contributed by atoms with Crippen molar-refractivity contribution in [2.45, 2.75) is 32.6 Å². The van der Waals surface area contributed by atoms with E-state index < -0.39 is 0 Å². The summed E-state index contributed by atoms with van der Waals surface area (Å²) in [5, 5.41) is 0.943. The number of ether oxygens (including phenoxy) is 1. The van der Waals surface area contributed by atoms with Crippen LogP contribution in [0.3, 0.4) is 0 Å². The van der Waals surface area contributed by atoms with Gasteiger partial charge in [0, 0.05) is 22.3 Å². The molecule has 0 spiro atoms. The second-order valence-electron chi connectivity index (χ2n) is 6.52. The number of hydrogen-bond donors (Lipinski definition) is 1. The number of rotatable bonds is 3. The number of Topliss-reactive ketones (excluding diaryl/α,β-unsaturated/α-hetero) is 1. The first-order chi connectivity index (χ1) is 12.1. The maximum Gasteiger partial charge on any atom is 0.159 e. The fraction of sp³-hybridized carbons (Fsp3) is 0.238. The van der Waals surface area contributed by atoms with Crippen LogP contribution in [0, 0.1) is 0 Å². The summed E-state index contributed by atoms with van der Waals surface area (Å²) < 4.78 is 5.93. The van der Waals surface area contributed by atoms with Crippen LogP contribution in [-0.2, 0) is 12.8 Å². The van der Waals surface area contributed by atoms with Gasteiger partial charge in [-0.25, -0.2) is 0 Å². The van der Waals surface area contributed by atoms with Gasteiger partial charge in [0.2, 0.25) is 0 Å². The molecule has 0 bridgehead atoms. The number of carbonyl (C=O) groups is 1. The number of aryl methyl sites for hydroxylation is 1. The third-order valence-electron chi connectivity index (χ3n) is 4.77. The van der Waals surface area contributed by atoms with E-state index in [0.717, 1.165) is 35.1 Å². The van der Waals surface area contributed by atoms with Crippen molar-refractivity contribution in [2.75, 3.05) is 5.73 Å². The van der Waals surface area contributed by atoms with Crippen molar-refractivity contribution in [3.05, 3.63) is 59.3 Å². The zero-order chi connectivity index (χ0) is 17.4. The third kappa shape index (κ3) is 2.95. The van der Waals surface area contributed by atoms with E-state index in [1.54, 1.807) is 31.2 Å². The summed E-state index contributed by atoms with van der Waals surface area (Å²) in [5.41, 5.74) is 11.2. The highest BCUT2D eigenvalue weighted by Crippen LogP contribution is 2.34. The lowest BCUT2D eigenvalue weighted by molar-refractivity contribution is 0.101. The van der Waals surface area contributed by atoms with Gasteiger partial charge in [-0.2, -0.15) is 0 Å². The molecule has 0 saturated carbocycles. The second-order valence-corrected chi connectivity index (χ2v) is 6.52. The number of anilines is 1. The fourth-order valence-electron chi connectivity index (χ4n) is 3.40. The lowest BCUT2D eigenvalue weighted by Crippen LogP contribution is -2.09. The highest BCUT2D eigenvalue weighted by molar-refractivity contribution is 5.94. The van der Waals surface area contributed by atoms with Gasteiger partial charge in [0.15, 0.2) is 5.78 Å². The number of hydrogen-bond acceptors (Lipinski definition) is 4. The van der Waals surface area contributed by atoms with Crippen LogP contribution in [0.5, 0.6) is 11.5 Å². The van der Waals surface area contributed by atoms with E-state index in [-0.39, 0.29) is 5.78 Å². The monoisotopic (exact) mass is 332 g/mol. The Hall–Kier alpha value is -2.88. The van der Waals surface area contributed by atoms with Gasteiger partial charge in [-0.05, 0) is 80.6 Å². The van der Waals surface area contributed by atoms with Crippen LogP contribution >= 0.6 is 0 Å². The van der Waals surface area contributed by atoms with Gasteiger partial charge in [0.05, 0.1) is 5.52 Å². The molecule has 25 heavy (non-hydrogen) atoms. The predicted molar refractivity (Wildman–Crippen MR) is 99.3 cm³/mol. The fourth-order valence-corrected chi connectivity index (χ4v) is 3.40. The largest absolute Gasteiger partial charge is 0.457 e. The number of carbonyl (C=O) groups excluding carboxylic acids is 1. The molecule has 0 amide bonds. The van der Waals surface area contributed by atoms with Crippen molar-refractivity contribution >= 4 is 22.4 Å². The Morgan fingerprint density at radius 1 is 1.04 bits per heavy atom. The van der Waals surface area contributed by atoms with E-state index in [9.17, 15) is 4.79 Å². The summed E-state index contributed by atoms with van der Waals surface area (Å²) in [4.78, 5) is 16.1. The summed E-state index contributed by atoms with van der Waals surface area (Å²) in [6.07, 6.45) is 4.36. The summed E-state index contributed by atoms with van der Waals surface area (Å²) >= 11 is 0. The Labute approximate surface area is 146 Å². The van der Waals surface area contributed by atoms with E-state index in [0.29, 0.717) is 17.1 Å². The first-order valence-electron chi connectivity index (χ1n) is 8.61. The van der Waals surface area contributed by atoms with E-state index in [1.807, 2.05) is 18.2 Å². The topological polar surface area (TPSA) is 65.2 Å². The number of aromatic nitrogens is 1. The van der Waals surface area contributed by atoms with Crippen molar-refractivity contribution in [1.82, 2.24) is 4.98 Å². The summed E-state index contributed by atoms with van der Waals surface area (Å²) in [5.74, 6) is 1.45. The van der Waals surface area contributed by atoms with Gasteiger partial charge in [0.1, 0.15) is 11.5 Å². The molecule has 0 saturated heterocycles. The van der Waals surface area contributed by atoms with Crippen LogP contribution in [0.1, 0.15) is 41.4 Å². The molecule has 0 aliphatic heterocycles. The van der Waals surface area contributed by atoms with Crippen molar-refractivity contribution in [1.29, 1.82) is 0 Å². The lowest BCUT2D eigenvalue weighted by atomic mass is 9.93. The minimum Gasteiger partial charge on any atom is -0.457 e. The first kappa shape index (κ1) is 15.6. The average Bonchev–Trinajstić information content (AvgIpc) is 2.63. The average molecular weight is 332 g/mol. The van der Waals surface area contributed by atoms with Gasteiger partial charge < -0.3 is 10.5 Å². The molecule has 1 aromatic heterocycles. The van der Waals surface area contributed by atoms with E-state index >= 15 is 0 Å². The van der Waals surface area contributed by atoms with Crippen LogP contribution < -0.4 is 10.5 Å². The molecule has 4 rings (SSSR count). The molecule has 0 unspecified atom stereocenters. The van der Waals surface area contributed by atoms with Crippen molar-refractivity contribution in [3.8, 4) is 11.5 Å². The molecular weight excluding hydrogens is 312 g/mol. The van der Waals surface area contributed by atoms with Gasteiger partial charge in [0.25, 0.3) is 0 Å². The molecule has 0 fully saturated rings.